The van der Waals surface area contributed by atoms with Crippen LogP contribution in [-0.4, -0.2) is 58.5 Å². The number of carbonyl (C=O) groups excluding carboxylic acids is 1. The third-order valence-electron chi connectivity index (χ3n) is 5.41. The van der Waals surface area contributed by atoms with Crippen LogP contribution in [0.15, 0.2) is 18.5 Å². The summed E-state index contributed by atoms with van der Waals surface area (Å²) in [7, 11) is 1.53. The van der Waals surface area contributed by atoms with Gasteiger partial charge in [0.2, 0.25) is 0 Å². The third-order valence-corrected chi connectivity index (χ3v) is 5.41. The lowest BCUT2D eigenvalue weighted by atomic mass is 10.1. The summed E-state index contributed by atoms with van der Waals surface area (Å²) in [6.07, 6.45) is 2.81. The normalized spacial score (nSPS) is 16.2. The molecule has 0 atom stereocenters. The van der Waals surface area contributed by atoms with E-state index in [-0.39, 0.29) is 11.8 Å². The number of amides is 1. The zero-order valence-electron chi connectivity index (χ0n) is 16.4. The molecule has 29 heavy (non-hydrogen) atoms. The second kappa shape index (κ2) is 7.81. The minimum absolute atomic E-state index is 0.0753. The first-order valence-corrected chi connectivity index (χ1v) is 9.65. The van der Waals surface area contributed by atoms with Crippen molar-refractivity contribution in [1.82, 2.24) is 19.7 Å². The molecular formula is C20H23F2N5O2. The van der Waals surface area contributed by atoms with Crippen LogP contribution in [-0.2, 0) is 18.2 Å². The van der Waals surface area contributed by atoms with Crippen LogP contribution in [0.25, 0.3) is 11.6 Å². The van der Waals surface area contributed by atoms with Gasteiger partial charge in [0.1, 0.15) is 5.69 Å². The van der Waals surface area contributed by atoms with Crippen LogP contribution in [0, 0.1) is 0 Å². The Bertz CT molecular complexity index is 948. The molecule has 4 rings (SSSR count). The Balaban J connectivity index is 1.57. The maximum Gasteiger partial charge on any atom is 0.409 e. The van der Waals surface area contributed by atoms with Gasteiger partial charge in [-0.25, -0.2) is 13.6 Å². The number of hydrogen-bond acceptors (Lipinski definition) is 5. The molecule has 2 aromatic rings. The van der Waals surface area contributed by atoms with Gasteiger partial charge in [0.15, 0.2) is 0 Å². The fraction of sp³-hybridized carbons (Fsp3) is 0.450. The SMILES string of the molecule is CCOC(=O)N1CCN(c2ccnc3c2C=C(c2cnn(C)c2C(F)F)C3)CC1. The first kappa shape index (κ1) is 19.4. The molecule has 9 heteroatoms. The Hall–Kier alpha value is -2.97. The number of fused-ring (bicyclic) bond motifs is 1. The highest BCUT2D eigenvalue weighted by atomic mass is 19.3. The predicted octanol–water partition coefficient (Wildman–Crippen LogP) is 3.13. The molecular weight excluding hydrogens is 380 g/mol. The number of alkyl halides is 2. The molecule has 3 heterocycles. The number of carbonyl (C=O) groups is 1. The van der Waals surface area contributed by atoms with Crippen molar-refractivity contribution in [3.63, 3.8) is 0 Å². The van der Waals surface area contributed by atoms with Crippen LogP contribution in [0.4, 0.5) is 19.3 Å². The van der Waals surface area contributed by atoms with E-state index in [1.54, 1.807) is 18.0 Å². The van der Waals surface area contributed by atoms with Crippen LogP contribution in [0.5, 0.6) is 0 Å². The Morgan fingerprint density at radius 3 is 2.72 bits per heavy atom. The van der Waals surface area contributed by atoms with Gasteiger partial charge in [-0.2, -0.15) is 5.10 Å². The van der Waals surface area contributed by atoms with E-state index in [1.807, 2.05) is 12.1 Å². The van der Waals surface area contributed by atoms with Gasteiger partial charge < -0.3 is 14.5 Å². The van der Waals surface area contributed by atoms with Gasteiger partial charge in [0, 0.05) is 62.7 Å². The number of pyridine rings is 1. The maximum atomic E-state index is 13.5. The highest BCUT2D eigenvalue weighted by Crippen LogP contribution is 2.38. The number of allylic oxidation sites excluding steroid dienone is 1. The number of hydrogen-bond donors (Lipinski definition) is 0. The van der Waals surface area contributed by atoms with Crippen molar-refractivity contribution in [3.05, 3.63) is 41.0 Å². The molecule has 7 nitrogen and oxygen atoms in total. The Morgan fingerprint density at radius 2 is 2.03 bits per heavy atom. The second-order valence-electron chi connectivity index (χ2n) is 7.08. The van der Waals surface area contributed by atoms with Crippen LogP contribution in [0.2, 0.25) is 0 Å². The number of aryl methyl sites for hydroxylation is 1. The van der Waals surface area contributed by atoms with Gasteiger partial charge >= 0.3 is 6.09 Å². The quantitative estimate of drug-likeness (QED) is 0.785. The lowest BCUT2D eigenvalue weighted by molar-refractivity contribution is 0.105. The molecule has 0 spiro atoms. The maximum absolute atomic E-state index is 13.5. The van der Waals surface area contributed by atoms with E-state index in [1.165, 1.54) is 17.9 Å². The average molecular weight is 403 g/mol. The number of halogens is 2. The van der Waals surface area contributed by atoms with Crippen molar-refractivity contribution in [2.24, 2.45) is 7.05 Å². The summed E-state index contributed by atoms with van der Waals surface area (Å²) in [5.41, 5.74) is 4.03. The summed E-state index contributed by atoms with van der Waals surface area (Å²) >= 11 is 0. The van der Waals surface area contributed by atoms with Crippen LogP contribution < -0.4 is 4.90 Å². The summed E-state index contributed by atoms with van der Waals surface area (Å²) in [6.45, 7) is 4.65. The minimum Gasteiger partial charge on any atom is -0.450 e. The summed E-state index contributed by atoms with van der Waals surface area (Å²) in [5, 5.41) is 4.01. The molecule has 0 aromatic carbocycles. The van der Waals surface area contributed by atoms with Gasteiger partial charge in [-0.1, -0.05) is 0 Å². The molecule has 154 valence electrons. The van der Waals surface area contributed by atoms with E-state index < -0.39 is 6.43 Å². The first-order chi connectivity index (χ1) is 14.0. The Morgan fingerprint density at radius 1 is 1.28 bits per heavy atom. The highest BCUT2D eigenvalue weighted by Gasteiger charge is 2.28. The first-order valence-electron chi connectivity index (χ1n) is 9.65. The summed E-state index contributed by atoms with van der Waals surface area (Å²) in [5.74, 6) is 0. The number of rotatable bonds is 4. The molecule has 0 N–H and O–H groups in total. The average Bonchev–Trinajstić information content (AvgIpc) is 3.31. The minimum atomic E-state index is -2.59. The highest BCUT2D eigenvalue weighted by molar-refractivity contribution is 5.92. The van der Waals surface area contributed by atoms with Gasteiger partial charge in [-0.3, -0.25) is 9.67 Å². The number of piperazine rings is 1. The molecule has 2 aliphatic rings. The van der Waals surface area contributed by atoms with E-state index >= 15 is 0 Å². The van der Waals surface area contributed by atoms with Crippen molar-refractivity contribution >= 4 is 23.4 Å². The van der Waals surface area contributed by atoms with Crippen molar-refractivity contribution in [3.8, 4) is 0 Å². The second-order valence-corrected chi connectivity index (χ2v) is 7.08. The van der Waals surface area contributed by atoms with Gasteiger partial charge in [-0.05, 0) is 24.6 Å². The monoisotopic (exact) mass is 403 g/mol. The van der Waals surface area contributed by atoms with Crippen molar-refractivity contribution in [1.29, 1.82) is 0 Å². The largest absolute Gasteiger partial charge is 0.450 e. The number of nitrogens with zero attached hydrogens (tertiary/aromatic N) is 5. The molecule has 1 aliphatic heterocycles. The number of anilines is 1. The predicted molar refractivity (Wildman–Crippen MR) is 105 cm³/mol. The van der Waals surface area contributed by atoms with Crippen LogP contribution in [0.1, 0.15) is 35.9 Å². The van der Waals surface area contributed by atoms with Crippen molar-refractivity contribution in [2.45, 2.75) is 19.8 Å². The molecule has 1 aliphatic carbocycles. The molecule has 0 unspecified atom stereocenters. The van der Waals surface area contributed by atoms with E-state index in [2.05, 4.69) is 15.0 Å². The summed E-state index contributed by atoms with van der Waals surface area (Å²) < 4.78 is 33.3. The standard InChI is InChI=1S/C20H23F2N5O2/c1-3-29-20(28)27-8-6-26(7-9-27)17-4-5-23-16-11-13(10-14(16)17)15-12-24-25(2)18(15)19(21)22/h4-5,10,12,19H,3,6-9,11H2,1-2H3. The molecule has 1 saturated heterocycles. The van der Waals surface area contributed by atoms with Crippen molar-refractivity contribution in [2.75, 3.05) is 37.7 Å². The van der Waals surface area contributed by atoms with E-state index in [9.17, 15) is 13.6 Å². The van der Waals surface area contributed by atoms with Crippen LogP contribution in [0.3, 0.4) is 0 Å². The van der Waals surface area contributed by atoms with Crippen LogP contribution >= 0.6 is 0 Å². The summed E-state index contributed by atoms with van der Waals surface area (Å²) in [6, 6.07) is 1.94. The lowest BCUT2D eigenvalue weighted by Crippen LogP contribution is -2.49. The van der Waals surface area contributed by atoms with Gasteiger partial charge in [0.05, 0.1) is 18.5 Å². The molecule has 2 aromatic heterocycles. The molecule has 1 amide bonds. The zero-order chi connectivity index (χ0) is 20.5. The summed E-state index contributed by atoms with van der Waals surface area (Å²) in [4.78, 5) is 20.3. The fourth-order valence-electron chi connectivity index (χ4n) is 3.96. The molecule has 1 fully saturated rings. The number of aromatic nitrogens is 3. The van der Waals surface area contributed by atoms with E-state index in [0.717, 1.165) is 22.5 Å². The molecule has 0 bridgehead atoms. The van der Waals surface area contributed by atoms with Crippen molar-refractivity contribution < 1.29 is 18.3 Å². The fourth-order valence-corrected chi connectivity index (χ4v) is 3.96. The topological polar surface area (TPSA) is 63.5 Å². The molecule has 0 saturated carbocycles. The zero-order valence-corrected chi connectivity index (χ0v) is 16.4. The smallest absolute Gasteiger partial charge is 0.409 e. The van der Waals surface area contributed by atoms with E-state index in [4.69, 9.17) is 4.74 Å². The molecule has 0 radical (unpaired) electrons. The number of ether oxygens (including phenoxy) is 1. The van der Waals surface area contributed by atoms with Gasteiger partial charge in [0.25, 0.3) is 6.43 Å². The Kier molecular flexibility index (Phi) is 5.21. The van der Waals surface area contributed by atoms with Gasteiger partial charge in [-0.15, -0.1) is 0 Å². The lowest BCUT2D eigenvalue weighted by Gasteiger charge is -2.36. The Labute approximate surface area is 167 Å². The third kappa shape index (κ3) is 3.56. The van der Waals surface area contributed by atoms with E-state index in [0.29, 0.717) is 44.8 Å².